The fraction of sp³-hybridized carbons (Fsp3) is 0.526. The van der Waals surface area contributed by atoms with E-state index in [-0.39, 0.29) is 29.3 Å². The summed E-state index contributed by atoms with van der Waals surface area (Å²) in [5.41, 5.74) is 0.0185. The van der Waals surface area contributed by atoms with E-state index in [9.17, 15) is 18.0 Å². The van der Waals surface area contributed by atoms with Crippen molar-refractivity contribution in [2.24, 2.45) is 4.99 Å². The quantitative estimate of drug-likeness (QED) is 0.731. The molecule has 2 aliphatic heterocycles. The number of methoxy groups -OCH3 is 1. The van der Waals surface area contributed by atoms with Gasteiger partial charge in [0.2, 0.25) is 0 Å². The molecule has 1 N–H and O–H groups in total. The Balaban J connectivity index is 1.80. The molecule has 164 valence electrons. The van der Waals surface area contributed by atoms with Crippen molar-refractivity contribution in [1.82, 2.24) is 5.32 Å². The van der Waals surface area contributed by atoms with Crippen LogP contribution in [0.1, 0.15) is 20.8 Å². The molecule has 0 unspecified atom stereocenters. The van der Waals surface area contributed by atoms with Crippen LogP contribution in [0.5, 0.6) is 5.75 Å². The van der Waals surface area contributed by atoms with Crippen LogP contribution in [0.4, 0.5) is 10.5 Å². The van der Waals surface area contributed by atoms with Gasteiger partial charge in [0.1, 0.15) is 17.9 Å². The van der Waals surface area contributed by atoms with Gasteiger partial charge in [-0.05, 0) is 32.9 Å². The number of nitrogens with zero attached hydrogens (tertiary/aromatic N) is 2. The van der Waals surface area contributed by atoms with Gasteiger partial charge in [0.15, 0.2) is 15.0 Å². The zero-order valence-corrected chi connectivity index (χ0v) is 18.9. The Morgan fingerprint density at radius 2 is 2.03 bits per heavy atom. The molecule has 2 atom stereocenters. The molecule has 2 amide bonds. The summed E-state index contributed by atoms with van der Waals surface area (Å²) < 4.78 is 34.6. The number of sulfone groups is 1. The Morgan fingerprint density at radius 3 is 2.70 bits per heavy atom. The third-order valence-corrected chi connectivity index (χ3v) is 7.61. The number of thioether (sulfide) groups is 1. The van der Waals surface area contributed by atoms with Crippen LogP contribution in [0.15, 0.2) is 29.3 Å². The zero-order chi connectivity index (χ0) is 22.1. The predicted octanol–water partition coefficient (Wildman–Crippen LogP) is 1.82. The van der Waals surface area contributed by atoms with Crippen molar-refractivity contribution in [2.45, 2.75) is 37.7 Å². The molecule has 0 aromatic heterocycles. The van der Waals surface area contributed by atoms with Gasteiger partial charge in [-0.3, -0.25) is 4.79 Å². The monoisotopic (exact) mass is 455 g/mol. The summed E-state index contributed by atoms with van der Waals surface area (Å²) in [6.07, 6.45) is -0.706. The maximum absolute atomic E-state index is 12.4. The summed E-state index contributed by atoms with van der Waals surface area (Å²) in [5.74, 6) is 0.0791. The van der Waals surface area contributed by atoms with Crippen molar-refractivity contribution in [2.75, 3.05) is 30.1 Å². The van der Waals surface area contributed by atoms with Crippen LogP contribution < -0.4 is 15.0 Å². The van der Waals surface area contributed by atoms with Crippen molar-refractivity contribution in [3.8, 4) is 5.75 Å². The number of fused-ring (bicyclic) bond motifs is 1. The van der Waals surface area contributed by atoms with Gasteiger partial charge in [0.05, 0.1) is 24.7 Å². The minimum absolute atomic E-state index is 0.00869. The number of hydrogen-bond acceptors (Lipinski definition) is 7. The lowest BCUT2D eigenvalue weighted by molar-refractivity contribution is -0.117. The fourth-order valence-electron chi connectivity index (χ4n) is 3.23. The molecule has 9 nitrogen and oxygen atoms in total. The summed E-state index contributed by atoms with van der Waals surface area (Å²) in [5, 5.41) is 2.58. The second kappa shape index (κ2) is 8.46. The molecule has 0 saturated carbocycles. The molecule has 2 fully saturated rings. The number of alkyl carbamates (subject to hydrolysis) is 1. The zero-order valence-electron chi connectivity index (χ0n) is 17.2. The molecule has 0 spiro atoms. The third-order valence-electron chi connectivity index (χ3n) is 4.40. The Labute approximate surface area is 180 Å². The number of hydrogen-bond donors (Lipinski definition) is 1. The molecule has 0 aliphatic carbocycles. The molecule has 30 heavy (non-hydrogen) atoms. The summed E-state index contributed by atoms with van der Waals surface area (Å²) in [6.45, 7) is 4.85. The first-order valence-electron chi connectivity index (χ1n) is 9.36. The number of nitrogens with one attached hydrogen (secondary N) is 1. The Hall–Kier alpha value is -2.27. The lowest BCUT2D eigenvalue weighted by atomic mass is 10.2. The predicted molar refractivity (Wildman–Crippen MR) is 116 cm³/mol. The van der Waals surface area contributed by atoms with Gasteiger partial charge in [-0.1, -0.05) is 17.8 Å². The average molecular weight is 456 g/mol. The molecule has 2 heterocycles. The van der Waals surface area contributed by atoms with Crippen molar-refractivity contribution in [3.05, 3.63) is 24.3 Å². The van der Waals surface area contributed by atoms with Crippen LogP contribution in [-0.4, -0.2) is 67.6 Å². The third kappa shape index (κ3) is 5.45. The molecule has 0 radical (unpaired) electrons. The minimum Gasteiger partial charge on any atom is -0.497 e. The van der Waals surface area contributed by atoms with Gasteiger partial charge in [-0.2, -0.15) is 4.99 Å². The van der Waals surface area contributed by atoms with Gasteiger partial charge in [-0.15, -0.1) is 0 Å². The number of anilines is 1. The minimum atomic E-state index is -3.16. The topological polar surface area (TPSA) is 114 Å². The number of carbonyl (C=O) groups excluding carboxylic acids is 2. The molecule has 1 aromatic rings. The highest BCUT2D eigenvalue weighted by Gasteiger charge is 2.49. The van der Waals surface area contributed by atoms with E-state index in [1.54, 1.807) is 51.0 Å². The first-order chi connectivity index (χ1) is 14.0. The molecule has 1 aromatic carbocycles. The van der Waals surface area contributed by atoms with E-state index < -0.39 is 27.4 Å². The Kier molecular flexibility index (Phi) is 6.32. The highest BCUT2D eigenvalue weighted by Crippen LogP contribution is 2.41. The van der Waals surface area contributed by atoms with Crippen molar-refractivity contribution in [1.29, 1.82) is 0 Å². The lowest BCUT2D eigenvalue weighted by Crippen LogP contribution is -2.38. The van der Waals surface area contributed by atoms with Gasteiger partial charge in [0, 0.05) is 17.0 Å². The van der Waals surface area contributed by atoms with Crippen molar-refractivity contribution in [3.63, 3.8) is 0 Å². The fourth-order valence-corrected chi connectivity index (χ4v) is 7.17. The molecule has 2 aliphatic rings. The normalized spacial score (nSPS) is 23.9. The van der Waals surface area contributed by atoms with Crippen LogP contribution in [0.25, 0.3) is 0 Å². The summed E-state index contributed by atoms with van der Waals surface area (Å²) in [7, 11) is -1.62. The van der Waals surface area contributed by atoms with Crippen LogP contribution in [-0.2, 0) is 19.4 Å². The van der Waals surface area contributed by atoms with E-state index >= 15 is 0 Å². The number of amides is 2. The number of ether oxygens (including phenoxy) is 2. The molecule has 3 rings (SSSR count). The first kappa shape index (κ1) is 22.4. The van der Waals surface area contributed by atoms with Crippen LogP contribution in [0.3, 0.4) is 0 Å². The lowest BCUT2D eigenvalue weighted by Gasteiger charge is -2.24. The maximum atomic E-state index is 12.4. The van der Waals surface area contributed by atoms with Crippen LogP contribution in [0, 0.1) is 0 Å². The average Bonchev–Trinajstić information content (AvgIpc) is 3.09. The number of rotatable bonds is 4. The number of carbonyl (C=O) groups is 2. The molecular formula is C19H25N3O6S2. The molecular weight excluding hydrogens is 430 g/mol. The van der Waals surface area contributed by atoms with Crippen LogP contribution in [0.2, 0.25) is 0 Å². The van der Waals surface area contributed by atoms with Crippen molar-refractivity contribution >= 4 is 44.5 Å². The van der Waals surface area contributed by atoms with E-state index in [4.69, 9.17) is 9.47 Å². The second-order valence-electron chi connectivity index (χ2n) is 8.02. The van der Waals surface area contributed by atoms with Crippen molar-refractivity contribution < 1.29 is 27.5 Å². The van der Waals surface area contributed by atoms with Gasteiger partial charge < -0.3 is 19.7 Å². The SMILES string of the molecule is COc1cccc(N2C(=NC(=O)CNC(=O)OC(C)(C)C)S[C@H]3CS(=O)(=O)C[C@H]32)c1. The second-order valence-corrected chi connectivity index (χ2v) is 11.4. The smallest absolute Gasteiger partial charge is 0.408 e. The summed E-state index contributed by atoms with van der Waals surface area (Å²) >= 11 is 1.26. The summed E-state index contributed by atoms with van der Waals surface area (Å²) in [4.78, 5) is 30.1. The van der Waals surface area contributed by atoms with Crippen LogP contribution >= 0.6 is 11.8 Å². The van der Waals surface area contributed by atoms with Gasteiger partial charge >= 0.3 is 6.09 Å². The standard InChI is InChI=1S/C19H25N3O6S2/c1-19(2,3)28-18(24)20-9-16(23)21-17-22(12-6-5-7-13(8-12)27-4)14-10-30(25,26)11-15(14)29-17/h5-8,14-15H,9-11H2,1-4H3,(H,20,24)/t14-,15+/m1/s1. The van der Waals surface area contributed by atoms with Gasteiger partial charge in [0.25, 0.3) is 5.91 Å². The summed E-state index contributed by atoms with van der Waals surface area (Å²) in [6, 6.07) is 6.83. The van der Waals surface area contributed by atoms with E-state index in [1.807, 2.05) is 6.07 Å². The number of aliphatic imine (C=N–C) groups is 1. The maximum Gasteiger partial charge on any atom is 0.408 e. The molecule has 0 bridgehead atoms. The number of amidine groups is 1. The Morgan fingerprint density at radius 1 is 1.30 bits per heavy atom. The van der Waals surface area contributed by atoms with Gasteiger partial charge in [-0.25, -0.2) is 13.2 Å². The Bertz CT molecular complexity index is 971. The highest BCUT2D eigenvalue weighted by atomic mass is 32.2. The molecule has 11 heteroatoms. The van der Waals surface area contributed by atoms with E-state index in [1.165, 1.54) is 11.8 Å². The van der Waals surface area contributed by atoms with E-state index in [0.29, 0.717) is 16.6 Å². The van der Waals surface area contributed by atoms with E-state index in [0.717, 1.165) is 0 Å². The van der Waals surface area contributed by atoms with E-state index in [2.05, 4.69) is 10.3 Å². The number of benzene rings is 1. The largest absolute Gasteiger partial charge is 0.497 e. The first-order valence-corrected chi connectivity index (χ1v) is 12.1. The molecule has 2 saturated heterocycles. The highest BCUT2D eigenvalue weighted by molar-refractivity contribution is 8.16.